The van der Waals surface area contributed by atoms with Crippen molar-refractivity contribution in [2.24, 2.45) is 5.73 Å². The van der Waals surface area contributed by atoms with E-state index in [1.807, 2.05) is 12.1 Å². The van der Waals surface area contributed by atoms with Gasteiger partial charge in [-0.1, -0.05) is 11.8 Å². The molecule has 0 bridgehead atoms. The van der Waals surface area contributed by atoms with Crippen molar-refractivity contribution in [2.75, 3.05) is 5.73 Å². The van der Waals surface area contributed by atoms with Crippen LogP contribution in [0.1, 0.15) is 10.4 Å². The monoisotopic (exact) mass is 323 g/mol. The normalized spacial score (nSPS) is 10.3. The van der Waals surface area contributed by atoms with Crippen LogP contribution in [-0.4, -0.2) is 10.9 Å². The number of primary amides is 1. The fraction of sp³-hybridized carbons (Fsp3) is 0. The number of amides is 1. The van der Waals surface area contributed by atoms with Gasteiger partial charge in [-0.3, -0.25) is 4.79 Å². The van der Waals surface area contributed by atoms with Crippen LogP contribution in [0.5, 0.6) is 0 Å². The maximum atomic E-state index is 11.3. The molecule has 1 heterocycles. The molecule has 4 N–H and O–H groups in total. The van der Waals surface area contributed by atoms with Crippen LogP contribution in [0.4, 0.5) is 5.69 Å². The first-order chi connectivity index (χ1) is 8.56. The molecule has 4 nitrogen and oxygen atoms in total. The van der Waals surface area contributed by atoms with Gasteiger partial charge in [0.05, 0.1) is 5.56 Å². The average Bonchev–Trinajstić information content (AvgIpc) is 2.34. The van der Waals surface area contributed by atoms with Crippen molar-refractivity contribution < 1.29 is 4.79 Å². The molecule has 0 saturated carbocycles. The molecule has 1 amide bonds. The lowest BCUT2D eigenvalue weighted by molar-refractivity contribution is 0.0997. The maximum Gasteiger partial charge on any atom is 0.249 e. The molecular formula is C12H10BrN3OS. The van der Waals surface area contributed by atoms with Crippen molar-refractivity contribution in [2.45, 2.75) is 9.92 Å². The van der Waals surface area contributed by atoms with Gasteiger partial charge in [0.1, 0.15) is 5.03 Å². The van der Waals surface area contributed by atoms with Crippen LogP contribution >= 0.6 is 27.7 Å². The predicted molar refractivity (Wildman–Crippen MR) is 75.4 cm³/mol. The topological polar surface area (TPSA) is 82.0 Å². The number of nitrogens with zero attached hydrogens (tertiary/aromatic N) is 1. The van der Waals surface area contributed by atoms with Crippen molar-refractivity contribution in [3.05, 3.63) is 46.6 Å². The van der Waals surface area contributed by atoms with E-state index in [2.05, 4.69) is 20.9 Å². The predicted octanol–water partition coefficient (Wildman–Crippen LogP) is 2.68. The Kier molecular flexibility index (Phi) is 3.88. The van der Waals surface area contributed by atoms with Crippen molar-refractivity contribution in [3.8, 4) is 0 Å². The van der Waals surface area contributed by atoms with Crippen LogP contribution in [0.15, 0.2) is 50.9 Å². The fourth-order valence-corrected chi connectivity index (χ4v) is 2.47. The molecule has 0 aliphatic rings. The third kappa shape index (κ3) is 3.02. The number of hydrogen-bond donors (Lipinski definition) is 2. The number of carbonyl (C=O) groups is 1. The second-order valence-electron chi connectivity index (χ2n) is 3.54. The molecular weight excluding hydrogens is 314 g/mol. The van der Waals surface area contributed by atoms with Gasteiger partial charge in [-0.25, -0.2) is 4.98 Å². The lowest BCUT2D eigenvalue weighted by Gasteiger charge is -2.06. The summed E-state index contributed by atoms with van der Waals surface area (Å²) in [6, 6.07) is 8.81. The van der Waals surface area contributed by atoms with E-state index in [-0.39, 0.29) is 0 Å². The molecule has 6 heteroatoms. The molecule has 1 aromatic heterocycles. The molecule has 2 rings (SSSR count). The molecule has 1 aromatic carbocycles. The van der Waals surface area contributed by atoms with Gasteiger partial charge in [0.25, 0.3) is 0 Å². The Hall–Kier alpha value is -1.53. The number of anilines is 1. The number of hydrogen-bond acceptors (Lipinski definition) is 4. The summed E-state index contributed by atoms with van der Waals surface area (Å²) < 4.78 is 0.902. The highest BCUT2D eigenvalue weighted by Crippen LogP contribution is 2.30. The summed E-state index contributed by atoms with van der Waals surface area (Å²) in [5.74, 6) is -0.498. The van der Waals surface area contributed by atoms with Gasteiger partial charge in [0.2, 0.25) is 5.91 Å². The molecule has 0 unspecified atom stereocenters. The highest BCUT2D eigenvalue weighted by molar-refractivity contribution is 9.10. The van der Waals surface area contributed by atoms with Crippen LogP contribution in [-0.2, 0) is 0 Å². The largest absolute Gasteiger partial charge is 0.399 e. The lowest BCUT2D eigenvalue weighted by Crippen LogP contribution is -2.12. The fourth-order valence-electron chi connectivity index (χ4n) is 1.36. The van der Waals surface area contributed by atoms with Crippen molar-refractivity contribution in [3.63, 3.8) is 0 Å². The Morgan fingerprint density at radius 1 is 1.28 bits per heavy atom. The summed E-state index contributed by atoms with van der Waals surface area (Å²) >= 11 is 4.69. The van der Waals surface area contributed by atoms with Gasteiger partial charge >= 0.3 is 0 Å². The minimum atomic E-state index is -0.498. The minimum absolute atomic E-state index is 0.407. The first-order valence-electron chi connectivity index (χ1n) is 5.05. The SMILES string of the molecule is NC(=O)c1cc(N)ccc1Sc1ccc(Br)cn1. The molecule has 92 valence electrons. The molecule has 18 heavy (non-hydrogen) atoms. The van der Waals surface area contributed by atoms with E-state index in [4.69, 9.17) is 11.5 Å². The van der Waals surface area contributed by atoms with Gasteiger partial charge in [0.15, 0.2) is 0 Å². The van der Waals surface area contributed by atoms with Crippen LogP contribution in [0.3, 0.4) is 0 Å². The standard InChI is InChI=1S/C12H10BrN3OS/c13-7-1-4-11(16-6-7)18-10-3-2-8(14)5-9(10)12(15)17/h1-6H,14H2,(H2,15,17). The smallest absolute Gasteiger partial charge is 0.249 e. The number of nitrogen functional groups attached to an aromatic ring is 1. The van der Waals surface area contributed by atoms with E-state index in [9.17, 15) is 4.79 Å². The molecule has 0 fully saturated rings. The minimum Gasteiger partial charge on any atom is -0.399 e. The van der Waals surface area contributed by atoms with Crippen LogP contribution in [0.2, 0.25) is 0 Å². The van der Waals surface area contributed by atoms with Crippen molar-refractivity contribution in [1.29, 1.82) is 0 Å². The van der Waals surface area contributed by atoms with E-state index in [0.29, 0.717) is 11.3 Å². The first kappa shape index (κ1) is 12.9. The Labute approximate surface area is 117 Å². The van der Waals surface area contributed by atoms with E-state index < -0.39 is 5.91 Å². The number of halogens is 1. The Bertz CT molecular complexity index is 586. The third-order valence-electron chi connectivity index (χ3n) is 2.18. The number of benzene rings is 1. The van der Waals surface area contributed by atoms with Gasteiger partial charge in [-0.2, -0.15) is 0 Å². The van der Waals surface area contributed by atoms with E-state index >= 15 is 0 Å². The average molecular weight is 324 g/mol. The van der Waals surface area contributed by atoms with Crippen LogP contribution in [0.25, 0.3) is 0 Å². The summed E-state index contributed by atoms with van der Waals surface area (Å²) in [4.78, 5) is 16.3. The van der Waals surface area contributed by atoms with Gasteiger partial charge in [0, 0.05) is 21.3 Å². The van der Waals surface area contributed by atoms with Crippen LogP contribution < -0.4 is 11.5 Å². The highest BCUT2D eigenvalue weighted by Gasteiger charge is 2.10. The second kappa shape index (κ2) is 5.41. The summed E-state index contributed by atoms with van der Waals surface area (Å²) in [7, 11) is 0. The number of pyridine rings is 1. The molecule has 0 aliphatic carbocycles. The molecule has 0 aliphatic heterocycles. The Morgan fingerprint density at radius 3 is 2.67 bits per heavy atom. The van der Waals surface area contributed by atoms with E-state index in [0.717, 1.165) is 14.4 Å². The third-order valence-corrected chi connectivity index (χ3v) is 3.68. The zero-order valence-electron chi connectivity index (χ0n) is 9.26. The highest BCUT2D eigenvalue weighted by atomic mass is 79.9. The Balaban J connectivity index is 2.34. The van der Waals surface area contributed by atoms with E-state index in [1.54, 1.807) is 24.4 Å². The molecule has 0 spiro atoms. The van der Waals surface area contributed by atoms with E-state index in [1.165, 1.54) is 11.8 Å². The van der Waals surface area contributed by atoms with Crippen molar-refractivity contribution >= 4 is 39.3 Å². The maximum absolute atomic E-state index is 11.3. The molecule has 0 radical (unpaired) electrons. The lowest BCUT2D eigenvalue weighted by atomic mass is 10.2. The zero-order chi connectivity index (χ0) is 13.1. The van der Waals surface area contributed by atoms with Gasteiger partial charge < -0.3 is 11.5 Å². The first-order valence-corrected chi connectivity index (χ1v) is 6.66. The zero-order valence-corrected chi connectivity index (χ0v) is 11.7. The van der Waals surface area contributed by atoms with Crippen LogP contribution in [0, 0.1) is 0 Å². The Morgan fingerprint density at radius 2 is 2.06 bits per heavy atom. The molecule has 2 aromatic rings. The summed E-state index contributed by atoms with van der Waals surface area (Å²) in [5.41, 5.74) is 11.9. The number of nitrogens with two attached hydrogens (primary N) is 2. The van der Waals surface area contributed by atoms with Gasteiger partial charge in [-0.05, 0) is 46.3 Å². The number of rotatable bonds is 3. The summed E-state index contributed by atoms with van der Waals surface area (Å²) in [5, 5.41) is 0.783. The summed E-state index contributed by atoms with van der Waals surface area (Å²) in [6.07, 6.45) is 1.70. The molecule has 0 atom stereocenters. The second-order valence-corrected chi connectivity index (χ2v) is 5.51. The van der Waals surface area contributed by atoms with Crippen molar-refractivity contribution in [1.82, 2.24) is 4.98 Å². The summed E-state index contributed by atoms with van der Waals surface area (Å²) in [6.45, 7) is 0. The van der Waals surface area contributed by atoms with Gasteiger partial charge in [-0.15, -0.1) is 0 Å². The number of carbonyl (C=O) groups excluding carboxylic acids is 1. The molecule has 0 saturated heterocycles. The number of aromatic nitrogens is 1. The quantitative estimate of drug-likeness (QED) is 0.851.